The molecule has 0 aromatic carbocycles. The van der Waals surface area contributed by atoms with Crippen LogP contribution in [-0.4, -0.2) is 26.6 Å². The number of amides is 1. The van der Waals surface area contributed by atoms with Crippen LogP contribution in [0.2, 0.25) is 5.15 Å². The van der Waals surface area contributed by atoms with E-state index < -0.39 is 11.7 Å². The van der Waals surface area contributed by atoms with E-state index in [-0.39, 0.29) is 5.15 Å². The zero-order valence-corrected chi connectivity index (χ0v) is 11.6. The molecule has 0 unspecified atom stereocenters. The molecule has 96 valence electrons. The first-order valence-corrected chi connectivity index (χ1v) is 6.31. The summed E-state index contributed by atoms with van der Waals surface area (Å²) in [6, 6.07) is 0. The molecule has 2 aromatic rings. The standard InChI is InChI=1S/C10H11ClN4O2S/c1-10(2,3)17-9(16)15-8-14-5-6(11)12-4-13-7(5)18-8/h4H,1-3H3,(H,14,15,16). The number of anilines is 1. The molecule has 2 aromatic heterocycles. The first-order chi connectivity index (χ1) is 8.35. The van der Waals surface area contributed by atoms with Crippen LogP contribution in [0.3, 0.4) is 0 Å². The molecule has 0 aliphatic heterocycles. The van der Waals surface area contributed by atoms with Crippen molar-refractivity contribution in [1.82, 2.24) is 15.0 Å². The molecular weight excluding hydrogens is 276 g/mol. The van der Waals surface area contributed by atoms with Crippen LogP contribution >= 0.6 is 22.9 Å². The van der Waals surface area contributed by atoms with Gasteiger partial charge in [0, 0.05) is 0 Å². The Labute approximate surface area is 112 Å². The van der Waals surface area contributed by atoms with E-state index in [0.29, 0.717) is 15.5 Å². The number of aromatic nitrogens is 3. The largest absolute Gasteiger partial charge is 0.444 e. The van der Waals surface area contributed by atoms with Crippen molar-refractivity contribution in [1.29, 1.82) is 0 Å². The number of hydrogen-bond acceptors (Lipinski definition) is 6. The third-order valence-corrected chi connectivity index (χ3v) is 2.91. The summed E-state index contributed by atoms with van der Waals surface area (Å²) in [5.41, 5.74) is -0.0895. The molecule has 2 rings (SSSR count). The quantitative estimate of drug-likeness (QED) is 0.815. The molecule has 0 aliphatic rings. The Balaban J connectivity index is 2.18. The maximum atomic E-state index is 11.6. The Morgan fingerprint density at radius 1 is 1.44 bits per heavy atom. The number of halogens is 1. The third kappa shape index (κ3) is 3.05. The van der Waals surface area contributed by atoms with E-state index >= 15 is 0 Å². The van der Waals surface area contributed by atoms with Gasteiger partial charge in [0.2, 0.25) is 0 Å². The van der Waals surface area contributed by atoms with E-state index in [4.69, 9.17) is 16.3 Å². The maximum absolute atomic E-state index is 11.6. The van der Waals surface area contributed by atoms with Gasteiger partial charge in [-0.25, -0.2) is 19.7 Å². The number of nitrogens with one attached hydrogen (secondary N) is 1. The monoisotopic (exact) mass is 286 g/mol. The van der Waals surface area contributed by atoms with Gasteiger partial charge in [-0.15, -0.1) is 0 Å². The molecule has 8 heteroatoms. The van der Waals surface area contributed by atoms with Crippen LogP contribution in [0.1, 0.15) is 20.8 Å². The molecule has 0 fully saturated rings. The second kappa shape index (κ2) is 4.66. The summed E-state index contributed by atoms with van der Waals surface area (Å²) in [6.45, 7) is 5.35. The minimum Gasteiger partial charge on any atom is -0.444 e. The lowest BCUT2D eigenvalue weighted by atomic mass is 10.2. The Morgan fingerprint density at radius 3 is 2.78 bits per heavy atom. The van der Waals surface area contributed by atoms with Crippen molar-refractivity contribution in [3.8, 4) is 0 Å². The Hall–Kier alpha value is -1.47. The predicted molar refractivity (Wildman–Crippen MR) is 70.1 cm³/mol. The van der Waals surface area contributed by atoms with E-state index in [1.807, 2.05) is 0 Å². The van der Waals surface area contributed by atoms with Crippen LogP contribution < -0.4 is 5.32 Å². The van der Waals surface area contributed by atoms with Crippen LogP contribution in [-0.2, 0) is 4.74 Å². The van der Waals surface area contributed by atoms with Crippen molar-refractivity contribution < 1.29 is 9.53 Å². The van der Waals surface area contributed by atoms with E-state index in [1.165, 1.54) is 17.7 Å². The number of carbonyl (C=O) groups excluding carboxylic acids is 1. The van der Waals surface area contributed by atoms with Crippen LogP contribution in [0.4, 0.5) is 9.93 Å². The lowest BCUT2D eigenvalue weighted by Gasteiger charge is -2.18. The summed E-state index contributed by atoms with van der Waals surface area (Å²) in [4.78, 5) is 24.1. The van der Waals surface area contributed by atoms with Gasteiger partial charge in [0.15, 0.2) is 10.3 Å². The normalized spacial score (nSPS) is 11.6. The molecule has 0 aliphatic carbocycles. The van der Waals surface area contributed by atoms with Crippen molar-refractivity contribution in [2.75, 3.05) is 5.32 Å². The van der Waals surface area contributed by atoms with Gasteiger partial charge < -0.3 is 4.74 Å². The Bertz CT molecular complexity index is 593. The van der Waals surface area contributed by atoms with Crippen LogP contribution in [0.25, 0.3) is 10.3 Å². The SMILES string of the molecule is CC(C)(C)OC(=O)Nc1nc2c(Cl)ncnc2s1. The fourth-order valence-electron chi connectivity index (χ4n) is 1.17. The highest BCUT2D eigenvalue weighted by molar-refractivity contribution is 7.22. The van der Waals surface area contributed by atoms with Crippen molar-refractivity contribution in [2.24, 2.45) is 0 Å². The molecule has 18 heavy (non-hydrogen) atoms. The molecule has 6 nitrogen and oxygen atoms in total. The van der Waals surface area contributed by atoms with Gasteiger partial charge in [0.05, 0.1) is 0 Å². The van der Waals surface area contributed by atoms with Gasteiger partial charge >= 0.3 is 6.09 Å². The minimum atomic E-state index is -0.564. The van der Waals surface area contributed by atoms with Crippen molar-refractivity contribution in [3.63, 3.8) is 0 Å². The first kappa shape index (κ1) is 13.0. The molecule has 0 spiro atoms. The molecular formula is C10H11ClN4O2S. The zero-order chi connectivity index (χ0) is 13.3. The van der Waals surface area contributed by atoms with Gasteiger partial charge in [-0.05, 0) is 20.8 Å². The Morgan fingerprint density at radius 2 is 2.17 bits per heavy atom. The van der Waals surface area contributed by atoms with E-state index in [9.17, 15) is 4.79 Å². The lowest BCUT2D eigenvalue weighted by molar-refractivity contribution is 0.0636. The number of rotatable bonds is 1. The van der Waals surface area contributed by atoms with Gasteiger partial charge in [-0.3, -0.25) is 5.32 Å². The molecule has 0 saturated heterocycles. The van der Waals surface area contributed by atoms with Gasteiger partial charge in [0.25, 0.3) is 0 Å². The van der Waals surface area contributed by atoms with E-state index in [0.717, 1.165) is 0 Å². The summed E-state index contributed by atoms with van der Waals surface area (Å²) in [7, 11) is 0. The van der Waals surface area contributed by atoms with Gasteiger partial charge in [-0.1, -0.05) is 22.9 Å². The number of fused-ring (bicyclic) bond motifs is 1. The molecule has 0 bridgehead atoms. The molecule has 0 radical (unpaired) electrons. The number of nitrogens with zero attached hydrogens (tertiary/aromatic N) is 3. The second-order valence-corrected chi connectivity index (χ2v) is 5.80. The van der Waals surface area contributed by atoms with Gasteiger partial charge in [-0.2, -0.15) is 0 Å². The first-order valence-electron chi connectivity index (χ1n) is 5.12. The zero-order valence-electron chi connectivity index (χ0n) is 10.0. The summed E-state index contributed by atoms with van der Waals surface area (Å²) in [5, 5.41) is 3.17. The van der Waals surface area contributed by atoms with Gasteiger partial charge in [0.1, 0.15) is 22.3 Å². The molecule has 1 amide bonds. The minimum absolute atomic E-state index is 0.258. The highest BCUT2D eigenvalue weighted by Gasteiger charge is 2.18. The van der Waals surface area contributed by atoms with Crippen molar-refractivity contribution in [3.05, 3.63) is 11.5 Å². The molecule has 2 heterocycles. The molecule has 0 atom stereocenters. The fraction of sp³-hybridized carbons (Fsp3) is 0.400. The topological polar surface area (TPSA) is 77.0 Å². The van der Waals surface area contributed by atoms with E-state index in [2.05, 4.69) is 20.3 Å². The Kier molecular flexibility index (Phi) is 3.36. The average Bonchev–Trinajstić information content (AvgIpc) is 2.58. The highest BCUT2D eigenvalue weighted by Crippen LogP contribution is 2.27. The van der Waals surface area contributed by atoms with Crippen LogP contribution in [0, 0.1) is 0 Å². The second-order valence-electron chi connectivity index (χ2n) is 4.46. The lowest BCUT2D eigenvalue weighted by Crippen LogP contribution is -2.27. The smallest absolute Gasteiger partial charge is 0.413 e. The summed E-state index contributed by atoms with van der Waals surface area (Å²) in [5.74, 6) is 0. The van der Waals surface area contributed by atoms with Crippen molar-refractivity contribution in [2.45, 2.75) is 26.4 Å². The predicted octanol–water partition coefficient (Wildman–Crippen LogP) is 3.09. The number of hydrogen-bond donors (Lipinski definition) is 1. The summed E-state index contributed by atoms with van der Waals surface area (Å²) < 4.78 is 5.12. The van der Waals surface area contributed by atoms with Crippen LogP contribution in [0.5, 0.6) is 0 Å². The number of thiazole rings is 1. The molecule has 0 saturated carbocycles. The number of ether oxygens (including phenoxy) is 1. The molecule has 1 N–H and O–H groups in total. The highest BCUT2D eigenvalue weighted by atomic mass is 35.5. The fourth-order valence-corrected chi connectivity index (χ4v) is 2.20. The number of carbonyl (C=O) groups is 1. The van der Waals surface area contributed by atoms with E-state index in [1.54, 1.807) is 20.8 Å². The summed E-state index contributed by atoms with van der Waals surface area (Å²) in [6.07, 6.45) is 0.783. The van der Waals surface area contributed by atoms with Crippen LogP contribution in [0.15, 0.2) is 6.33 Å². The summed E-state index contributed by atoms with van der Waals surface area (Å²) >= 11 is 7.07. The average molecular weight is 287 g/mol. The maximum Gasteiger partial charge on any atom is 0.413 e. The third-order valence-electron chi connectivity index (χ3n) is 1.76. The van der Waals surface area contributed by atoms with Crippen molar-refractivity contribution >= 4 is 44.5 Å².